The Labute approximate surface area is 108 Å². The maximum absolute atomic E-state index is 11.8. The van der Waals surface area contributed by atoms with Crippen LogP contribution >= 0.6 is 11.6 Å². The third kappa shape index (κ3) is 4.02. The third-order valence-electron chi connectivity index (χ3n) is 2.90. The minimum Gasteiger partial charge on any atom is -0.339 e. The molecule has 1 unspecified atom stereocenters. The van der Waals surface area contributed by atoms with Gasteiger partial charge in [0.25, 0.3) is 0 Å². The van der Waals surface area contributed by atoms with Gasteiger partial charge in [-0.05, 0) is 37.6 Å². The van der Waals surface area contributed by atoms with E-state index in [0.29, 0.717) is 18.0 Å². The average Bonchev–Trinajstić information content (AvgIpc) is 2.34. The minimum atomic E-state index is 0.0268. The normalized spacial score (nSPS) is 12.2. The van der Waals surface area contributed by atoms with E-state index in [9.17, 15) is 4.79 Å². The van der Waals surface area contributed by atoms with Gasteiger partial charge in [-0.1, -0.05) is 23.7 Å². The summed E-state index contributed by atoms with van der Waals surface area (Å²) < 4.78 is 0. The average molecular weight is 255 g/mol. The number of carbonyl (C=O) groups is 1. The van der Waals surface area contributed by atoms with Gasteiger partial charge in [0.15, 0.2) is 0 Å². The smallest absolute Gasteiger partial charge is 0.222 e. The highest BCUT2D eigenvalue weighted by Gasteiger charge is 2.16. The summed E-state index contributed by atoms with van der Waals surface area (Å²) in [5, 5.41) is 0.692. The molecular formula is C13H19ClN2O. The van der Waals surface area contributed by atoms with E-state index in [-0.39, 0.29) is 11.9 Å². The molecule has 0 heterocycles. The summed E-state index contributed by atoms with van der Waals surface area (Å²) in [5.74, 6) is 0.114. The zero-order valence-electron chi connectivity index (χ0n) is 10.3. The van der Waals surface area contributed by atoms with E-state index >= 15 is 0 Å². The Kier molecular flexibility index (Phi) is 5.45. The summed E-state index contributed by atoms with van der Waals surface area (Å²) in [6.45, 7) is 2.54. The second kappa shape index (κ2) is 6.62. The van der Waals surface area contributed by atoms with Crippen LogP contribution in [0.5, 0.6) is 0 Å². The van der Waals surface area contributed by atoms with Crippen molar-refractivity contribution in [2.24, 2.45) is 5.73 Å². The molecule has 94 valence electrons. The van der Waals surface area contributed by atoms with Gasteiger partial charge >= 0.3 is 0 Å². The van der Waals surface area contributed by atoms with Crippen molar-refractivity contribution in [3.8, 4) is 0 Å². The van der Waals surface area contributed by atoms with Gasteiger partial charge in [0.2, 0.25) is 5.91 Å². The van der Waals surface area contributed by atoms with Crippen molar-refractivity contribution in [3.63, 3.8) is 0 Å². The van der Waals surface area contributed by atoms with Crippen LogP contribution in [0.2, 0.25) is 5.02 Å². The van der Waals surface area contributed by atoms with E-state index in [1.165, 1.54) is 0 Å². The zero-order chi connectivity index (χ0) is 12.8. The Morgan fingerprint density at radius 2 is 2.24 bits per heavy atom. The van der Waals surface area contributed by atoms with E-state index in [1.807, 2.05) is 38.2 Å². The maximum Gasteiger partial charge on any atom is 0.222 e. The van der Waals surface area contributed by atoms with Crippen LogP contribution in [0.25, 0.3) is 0 Å². The monoisotopic (exact) mass is 254 g/mol. The summed E-state index contributed by atoms with van der Waals surface area (Å²) in [6, 6.07) is 7.61. The number of rotatable bonds is 5. The van der Waals surface area contributed by atoms with Gasteiger partial charge in [0, 0.05) is 18.5 Å². The third-order valence-corrected chi connectivity index (χ3v) is 3.14. The van der Waals surface area contributed by atoms with Crippen LogP contribution in [0.15, 0.2) is 24.3 Å². The van der Waals surface area contributed by atoms with Crippen LogP contribution in [0.4, 0.5) is 0 Å². The van der Waals surface area contributed by atoms with Crippen LogP contribution in [-0.4, -0.2) is 24.4 Å². The van der Waals surface area contributed by atoms with Crippen molar-refractivity contribution in [1.29, 1.82) is 0 Å². The van der Waals surface area contributed by atoms with Crippen molar-refractivity contribution in [3.05, 3.63) is 34.9 Å². The van der Waals surface area contributed by atoms with Gasteiger partial charge in [0.1, 0.15) is 0 Å². The lowest BCUT2D eigenvalue weighted by atomic mass is 10.1. The lowest BCUT2D eigenvalue weighted by molar-refractivity contribution is -0.131. The molecule has 0 aliphatic heterocycles. The summed E-state index contributed by atoms with van der Waals surface area (Å²) in [4.78, 5) is 13.6. The van der Waals surface area contributed by atoms with Gasteiger partial charge in [-0.25, -0.2) is 0 Å². The SMILES string of the molecule is CC(c1cccc(Cl)c1)N(C)C(=O)CCCN. The fourth-order valence-electron chi connectivity index (χ4n) is 1.64. The topological polar surface area (TPSA) is 46.3 Å². The summed E-state index contributed by atoms with van der Waals surface area (Å²) >= 11 is 5.94. The molecule has 1 amide bonds. The van der Waals surface area contributed by atoms with E-state index < -0.39 is 0 Å². The molecular weight excluding hydrogens is 236 g/mol. The van der Waals surface area contributed by atoms with Gasteiger partial charge in [-0.15, -0.1) is 0 Å². The number of nitrogens with two attached hydrogens (primary N) is 1. The first-order valence-corrected chi connectivity index (χ1v) is 6.15. The molecule has 2 N–H and O–H groups in total. The van der Waals surface area contributed by atoms with Crippen LogP contribution in [0, 0.1) is 0 Å². The molecule has 0 radical (unpaired) electrons. The number of benzene rings is 1. The van der Waals surface area contributed by atoms with Gasteiger partial charge in [0.05, 0.1) is 6.04 Å². The molecule has 0 saturated carbocycles. The van der Waals surface area contributed by atoms with Gasteiger partial charge in [-0.3, -0.25) is 4.79 Å². The van der Waals surface area contributed by atoms with Crippen LogP contribution < -0.4 is 5.73 Å². The van der Waals surface area contributed by atoms with Gasteiger partial charge in [-0.2, -0.15) is 0 Å². The molecule has 4 heteroatoms. The molecule has 0 aromatic heterocycles. The van der Waals surface area contributed by atoms with Crippen molar-refractivity contribution < 1.29 is 4.79 Å². The summed E-state index contributed by atoms with van der Waals surface area (Å²) in [7, 11) is 1.81. The molecule has 1 rings (SSSR count). The second-order valence-corrected chi connectivity index (χ2v) is 4.56. The van der Waals surface area contributed by atoms with Crippen molar-refractivity contribution in [1.82, 2.24) is 4.90 Å². The second-order valence-electron chi connectivity index (χ2n) is 4.13. The first-order chi connectivity index (χ1) is 8.06. The predicted molar refractivity (Wildman–Crippen MR) is 70.9 cm³/mol. The Balaban J connectivity index is 2.69. The van der Waals surface area contributed by atoms with E-state index in [1.54, 1.807) is 4.90 Å². The van der Waals surface area contributed by atoms with Gasteiger partial charge < -0.3 is 10.6 Å². The highest BCUT2D eigenvalue weighted by molar-refractivity contribution is 6.30. The number of carbonyl (C=O) groups excluding carboxylic acids is 1. The number of hydrogen-bond acceptors (Lipinski definition) is 2. The quantitative estimate of drug-likeness (QED) is 0.878. The summed E-state index contributed by atoms with van der Waals surface area (Å²) in [6.07, 6.45) is 1.23. The molecule has 0 saturated heterocycles. The number of amides is 1. The van der Waals surface area contributed by atoms with Crippen LogP contribution in [0.1, 0.15) is 31.4 Å². The molecule has 1 aromatic rings. The lowest BCUT2D eigenvalue weighted by Crippen LogP contribution is -2.29. The predicted octanol–water partition coefficient (Wildman–Crippen LogP) is 2.60. The standard InChI is InChI=1S/C13H19ClN2O/c1-10(11-5-3-6-12(14)9-11)16(2)13(17)7-4-8-15/h3,5-6,9-10H,4,7-8,15H2,1-2H3. The number of halogens is 1. The highest BCUT2D eigenvalue weighted by Crippen LogP contribution is 2.22. The lowest BCUT2D eigenvalue weighted by Gasteiger charge is -2.25. The van der Waals surface area contributed by atoms with Crippen molar-refractivity contribution in [2.75, 3.05) is 13.6 Å². The fraction of sp³-hybridized carbons (Fsp3) is 0.462. The summed E-state index contributed by atoms with van der Waals surface area (Å²) in [5.41, 5.74) is 6.44. The number of nitrogens with zero attached hydrogens (tertiary/aromatic N) is 1. The molecule has 0 aliphatic carbocycles. The molecule has 0 bridgehead atoms. The molecule has 0 aliphatic rings. The Bertz CT molecular complexity index is 381. The molecule has 17 heavy (non-hydrogen) atoms. The van der Waals surface area contributed by atoms with Crippen LogP contribution in [-0.2, 0) is 4.79 Å². The molecule has 3 nitrogen and oxygen atoms in total. The first kappa shape index (κ1) is 14.0. The van der Waals surface area contributed by atoms with E-state index in [2.05, 4.69) is 0 Å². The number of hydrogen-bond donors (Lipinski definition) is 1. The van der Waals surface area contributed by atoms with Crippen molar-refractivity contribution >= 4 is 17.5 Å². The highest BCUT2D eigenvalue weighted by atomic mass is 35.5. The van der Waals surface area contributed by atoms with E-state index in [0.717, 1.165) is 12.0 Å². The van der Waals surface area contributed by atoms with E-state index in [4.69, 9.17) is 17.3 Å². The van der Waals surface area contributed by atoms with Crippen LogP contribution in [0.3, 0.4) is 0 Å². The molecule has 0 spiro atoms. The largest absolute Gasteiger partial charge is 0.339 e. The maximum atomic E-state index is 11.8. The van der Waals surface area contributed by atoms with Crippen molar-refractivity contribution in [2.45, 2.75) is 25.8 Å². The molecule has 0 fully saturated rings. The molecule has 1 aromatic carbocycles. The Hall–Kier alpha value is -1.06. The zero-order valence-corrected chi connectivity index (χ0v) is 11.1. The Morgan fingerprint density at radius 1 is 1.53 bits per heavy atom. The first-order valence-electron chi connectivity index (χ1n) is 5.77. The fourth-order valence-corrected chi connectivity index (χ4v) is 1.83. The molecule has 1 atom stereocenters. The minimum absolute atomic E-state index is 0.0268. The Morgan fingerprint density at radius 3 is 2.82 bits per heavy atom.